The molecule has 0 aliphatic carbocycles. The van der Waals surface area contributed by atoms with E-state index in [0.717, 1.165) is 29.1 Å². The van der Waals surface area contributed by atoms with E-state index >= 15 is 0 Å². The molecule has 2 aromatic carbocycles. The predicted molar refractivity (Wildman–Crippen MR) is 108 cm³/mol. The van der Waals surface area contributed by atoms with Gasteiger partial charge in [-0.15, -0.1) is 0 Å². The van der Waals surface area contributed by atoms with Crippen molar-refractivity contribution in [1.29, 1.82) is 0 Å². The Kier molecular flexibility index (Phi) is 8.69. The molecule has 0 heterocycles. The van der Waals surface area contributed by atoms with Crippen molar-refractivity contribution in [2.45, 2.75) is 48.8 Å². The molecule has 0 amide bonds. The molecular weight excluding hydrogens is 398 g/mol. The van der Waals surface area contributed by atoms with Crippen LogP contribution in [0.3, 0.4) is 0 Å². The number of unbranched alkanes of at least 4 members (excludes halogenated alkanes) is 3. The second kappa shape index (κ2) is 11.0. The molecule has 8 heteroatoms. The van der Waals surface area contributed by atoms with Gasteiger partial charge in [0.05, 0.1) is 0 Å². The number of carbonyl (C=O) groups is 1. The summed E-state index contributed by atoms with van der Waals surface area (Å²) in [6.45, 7) is 2.06. The molecule has 0 fully saturated rings. The lowest BCUT2D eigenvalue weighted by Crippen LogP contribution is -2.16. The second-order valence-electron chi connectivity index (χ2n) is 6.10. The molecule has 0 aromatic heterocycles. The summed E-state index contributed by atoms with van der Waals surface area (Å²) in [6, 6.07) is 16.8. The predicted octanol–water partition coefficient (Wildman–Crippen LogP) is 4.82. The lowest BCUT2D eigenvalue weighted by molar-refractivity contribution is 0.106. The third-order valence-electron chi connectivity index (χ3n) is 3.86. The number of oxime groups is 1. The minimum Gasteiger partial charge on any atom is -0.714 e. The lowest BCUT2D eigenvalue weighted by Gasteiger charge is -2.08. The largest absolute Gasteiger partial charge is 0.714 e. The lowest BCUT2D eigenvalue weighted by atomic mass is 10.0. The summed E-state index contributed by atoms with van der Waals surface area (Å²) < 4.78 is 36.0. The fraction of sp³-hybridized carbons (Fsp3) is 0.300. The van der Waals surface area contributed by atoms with Crippen molar-refractivity contribution in [3.05, 3.63) is 60.2 Å². The molecule has 28 heavy (non-hydrogen) atoms. The normalized spacial score (nSPS) is 12.0. The number of carbonyl (C=O) groups excluding carboxylic acids is 1. The van der Waals surface area contributed by atoms with Gasteiger partial charge in [-0.25, -0.2) is 0 Å². The van der Waals surface area contributed by atoms with E-state index in [1.807, 2.05) is 42.5 Å². The average molecular weight is 421 g/mol. The monoisotopic (exact) mass is 420 g/mol. The molecule has 0 saturated carbocycles. The summed E-state index contributed by atoms with van der Waals surface area (Å²) in [5.74, 6) is -0.448. The van der Waals surface area contributed by atoms with E-state index in [2.05, 4.69) is 16.4 Å². The van der Waals surface area contributed by atoms with Gasteiger partial charge in [0, 0.05) is 15.4 Å². The van der Waals surface area contributed by atoms with E-state index in [1.165, 1.54) is 0 Å². The summed E-state index contributed by atoms with van der Waals surface area (Å²) >= 11 is 1.56. The van der Waals surface area contributed by atoms with Crippen LogP contribution >= 0.6 is 11.8 Å². The number of benzene rings is 2. The van der Waals surface area contributed by atoms with Crippen LogP contribution in [0, 0.1) is 0 Å². The first-order valence-electron chi connectivity index (χ1n) is 8.98. The fourth-order valence-electron chi connectivity index (χ4n) is 2.48. The van der Waals surface area contributed by atoms with Gasteiger partial charge >= 0.3 is 0 Å². The van der Waals surface area contributed by atoms with Gasteiger partial charge in [-0.2, -0.15) is 8.42 Å². The SMILES string of the molecule is CCCCCC/C(=N\OS(=O)(=O)[O-])C(=O)c1ccc(Sc2ccccc2)cc1. The summed E-state index contributed by atoms with van der Waals surface area (Å²) in [4.78, 5) is 14.7. The van der Waals surface area contributed by atoms with E-state index in [-0.39, 0.29) is 12.1 Å². The van der Waals surface area contributed by atoms with E-state index < -0.39 is 16.2 Å². The van der Waals surface area contributed by atoms with E-state index in [4.69, 9.17) is 0 Å². The van der Waals surface area contributed by atoms with Crippen molar-refractivity contribution in [2.75, 3.05) is 0 Å². The number of hydrogen-bond acceptors (Lipinski definition) is 7. The zero-order chi connectivity index (χ0) is 20.4. The first kappa shape index (κ1) is 22.1. The highest BCUT2D eigenvalue weighted by Gasteiger charge is 2.16. The summed E-state index contributed by atoms with van der Waals surface area (Å²) in [5, 5.41) is 3.32. The van der Waals surface area contributed by atoms with Crippen LogP contribution in [0.1, 0.15) is 49.4 Å². The van der Waals surface area contributed by atoms with Gasteiger partial charge in [0.1, 0.15) is 5.71 Å². The standard InChI is InChI=1S/C20H23NO5S2/c1-2-3-4-8-11-19(21-26-28(23,24)25)20(22)16-12-14-18(15-13-16)27-17-9-6-5-7-10-17/h5-7,9-10,12-15H,2-4,8,11H2,1H3,(H,23,24,25)/p-1/b21-19+. The molecule has 6 nitrogen and oxygen atoms in total. The molecule has 0 bridgehead atoms. The molecule has 150 valence electrons. The van der Waals surface area contributed by atoms with Crippen LogP contribution in [0.25, 0.3) is 0 Å². The number of rotatable bonds is 11. The Morgan fingerprint density at radius 1 is 1.00 bits per heavy atom. The first-order valence-corrected chi connectivity index (χ1v) is 11.1. The molecular formula is C20H22NO5S2-. The highest BCUT2D eigenvalue weighted by atomic mass is 32.3. The highest BCUT2D eigenvalue weighted by Crippen LogP contribution is 2.27. The van der Waals surface area contributed by atoms with Gasteiger partial charge in [0.15, 0.2) is 0 Å². The Morgan fingerprint density at radius 2 is 1.64 bits per heavy atom. The zero-order valence-corrected chi connectivity index (χ0v) is 17.2. The molecule has 0 aliphatic rings. The molecule has 0 radical (unpaired) electrons. The smallest absolute Gasteiger partial charge is 0.284 e. The molecule has 0 atom stereocenters. The van der Waals surface area contributed by atoms with Crippen LogP contribution in [0.4, 0.5) is 0 Å². The van der Waals surface area contributed by atoms with Crippen LogP contribution in [0.2, 0.25) is 0 Å². The summed E-state index contributed by atoms with van der Waals surface area (Å²) in [5.41, 5.74) is 0.289. The molecule has 0 unspecified atom stereocenters. The van der Waals surface area contributed by atoms with E-state index in [9.17, 15) is 17.8 Å². The Balaban J connectivity index is 2.11. The molecule has 0 aliphatic heterocycles. The van der Waals surface area contributed by atoms with Crippen molar-refractivity contribution in [3.63, 3.8) is 0 Å². The quantitative estimate of drug-likeness (QED) is 0.129. The third-order valence-corrected chi connectivity index (χ3v) is 5.14. The molecule has 0 spiro atoms. The second-order valence-corrected chi connectivity index (χ2v) is 8.21. The van der Waals surface area contributed by atoms with Crippen molar-refractivity contribution < 1.29 is 22.0 Å². The third kappa shape index (κ3) is 7.84. The molecule has 0 saturated heterocycles. The molecule has 0 N–H and O–H groups in total. The van der Waals surface area contributed by atoms with Crippen LogP contribution in [0.15, 0.2) is 69.5 Å². The highest BCUT2D eigenvalue weighted by molar-refractivity contribution is 7.99. The molecule has 2 aromatic rings. The van der Waals surface area contributed by atoms with Crippen LogP contribution in [-0.4, -0.2) is 24.5 Å². The first-order chi connectivity index (χ1) is 13.4. The van der Waals surface area contributed by atoms with Crippen LogP contribution in [0.5, 0.6) is 0 Å². The fourth-order valence-corrected chi connectivity index (χ4v) is 3.49. The summed E-state index contributed by atoms with van der Waals surface area (Å²) in [7, 11) is -5.00. The van der Waals surface area contributed by atoms with Gasteiger partial charge in [0.25, 0.3) is 10.4 Å². The van der Waals surface area contributed by atoms with Crippen molar-refractivity contribution in [2.24, 2.45) is 5.16 Å². The Morgan fingerprint density at radius 3 is 2.25 bits per heavy atom. The van der Waals surface area contributed by atoms with Crippen molar-refractivity contribution >= 4 is 33.7 Å². The van der Waals surface area contributed by atoms with Crippen molar-refractivity contribution in [3.8, 4) is 0 Å². The van der Waals surface area contributed by atoms with Crippen molar-refractivity contribution in [1.82, 2.24) is 0 Å². The number of Topliss-reactive ketones (excluding diaryl/α,β-unsaturated/α-hetero) is 1. The maximum Gasteiger partial charge on any atom is 0.284 e. The number of hydrogen-bond donors (Lipinski definition) is 0. The topological polar surface area (TPSA) is 95.9 Å². The minimum absolute atomic E-state index is 0.0704. The Labute approximate surface area is 169 Å². The van der Waals surface area contributed by atoms with Gasteiger partial charge in [-0.05, 0) is 49.2 Å². The van der Waals surface area contributed by atoms with Gasteiger partial charge in [-0.1, -0.05) is 61.3 Å². The van der Waals surface area contributed by atoms with Gasteiger partial charge < -0.3 is 4.55 Å². The maximum atomic E-state index is 12.7. The van der Waals surface area contributed by atoms with E-state index in [0.29, 0.717) is 12.0 Å². The molecule has 2 rings (SSSR count). The van der Waals surface area contributed by atoms with Crippen LogP contribution in [-0.2, 0) is 14.7 Å². The van der Waals surface area contributed by atoms with E-state index in [1.54, 1.807) is 23.9 Å². The van der Waals surface area contributed by atoms with Gasteiger partial charge in [-0.3, -0.25) is 9.08 Å². The zero-order valence-electron chi connectivity index (χ0n) is 15.5. The van der Waals surface area contributed by atoms with Crippen LogP contribution < -0.4 is 0 Å². The summed E-state index contributed by atoms with van der Waals surface area (Å²) in [6.07, 6.45) is 3.79. The average Bonchev–Trinajstić information content (AvgIpc) is 2.67. The number of ketones is 1. The minimum atomic E-state index is -5.00. The number of nitrogens with zero attached hydrogens (tertiary/aromatic N) is 1. The van der Waals surface area contributed by atoms with Gasteiger partial charge in [0.2, 0.25) is 5.78 Å². The Bertz CT molecular complexity index is 894. The Hall–Kier alpha value is -2.16. The maximum absolute atomic E-state index is 12.7.